The molecule has 1 N–H and O–H groups in total. The van der Waals surface area contributed by atoms with Gasteiger partial charge in [0.25, 0.3) is 0 Å². The van der Waals surface area contributed by atoms with Crippen LogP contribution >= 0.6 is 0 Å². The summed E-state index contributed by atoms with van der Waals surface area (Å²) in [6, 6.07) is 9.02. The number of benzene rings is 1. The minimum atomic E-state index is -0.588. The molecule has 0 amide bonds. The lowest BCUT2D eigenvalue weighted by molar-refractivity contribution is -0.0321. The maximum Gasteiger partial charge on any atom is 0.338 e. The first-order valence-corrected chi connectivity index (χ1v) is 6.05. The van der Waals surface area contributed by atoms with Gasteiger partial charge in [0.2, 0.25) is 0 Å². The molecule has 1 aromatic rings. The average molecular weight is 234 g/mol. The van der Waals surface area contributed by atoms with Crippen LogP contribution in [0, 0.1) is 0 Å². The van der Waals surface area contributed by atoms with Gasteiger partial charge in [-0.1, -0.05) is 18.2 Å². The van der Waals surface area contributed by atoms with Gasteiger partial charge < -0.3 is 9.84 Å². The van der Waals surface area contributed by atoms with Crippen LogP contribution < -0.4 is 0 Å². The Morgan fingerprint density at radius 1 is 1.29 bits per heavy atom. The Hall–Kier alpha value is -1.35. The summed E-state index contributed by atoms with van der Waals surface area (Å²) in [7, 11) is 0. The third-order valence-electron chi connectivity index (χ3n) is 3.29. The zero-order valence-corrected chi connectivity index (χ0v) is 10.1. The van der Waals surface area contributed by atoms with E-state index in [1.165, 1.54) is 0 Å². The summed E-state index contributed by atoms with van der Waals surface area (Å²) in [5, 5.41) is 9.80. The van der Waals surface area contributed by atoms with Crippen LogP contribution in [-0.4, -0.2) is 22.8 Å². The fourth-order valence-corrected chi connectivity index (χ4v) is 2.12. The number of carbonyl (C=O) groups is 1. The van der Waals surface area contributed by atoms with Crippen molar-refractivity contribution in [1.29, 1.82) is 0 Å². The molecule has 0 aliphatic heterocycles. The van der Waals surface area contributed by atoms with E-state index >= 15 is 0 Å². The van der Waals surface area contributed by atoms with Crippen LogP contribution in [0.3, 0.4) is 0 Å². The molecule has 0 heterocycles. The molecule has 0 unspecified atom stereocenters. The first-order chi connectivity index (χ1) is 8.07. The van der Waals surface area contributed by atoms with Crippen molar-refractivity contribution in [2.75, 3.05) is 0 Å². The van der Waals surface area contributed by atoms with Crippen molar-refractivity contribution in [2.24, 2.45) is 0 Å². The molecule has 1 saturated carbocycles. The van der Waals surface area contributed by atoms with E-state index in [1.54, 1.807) is 12.1 Å². The van der Waals surface area contributed by atoms with Crippen LogP contribution in [0.4, 0.5) is 0 Å². The quantitative estimate of drug-likeness (QED) is 0.800. The zero-order valence-electron chi connectivity index (χ0n) is 10.1. The van der Waals surface area contributed by atoms with E-state index in [9.17, 15) is 9.90 Å². The molecule has 1 aliphatic carbocycles. The molecule has 2 rings (SSSR count). The van der Waals surface area contributed by atoms with Crippen molar-refractivity contribution < 1.29 is 14.6 Å². The van der Waals surface area contributed by atoms with Crippen LogP contribution in [0.15, 0.2) is 30.3 Å². The SMILES string of the molecule is CC1(O)CCC(OC(=O)c2ccccc2)CC1. The minimum absolute atomic E-state index is 0.0528. The van der Waals surface area contributed by atoms with Crippen LogP contribution in [0.5, 0.6) is 0 Å². The normalized spacial score (nSPS) is 28.7. The van der Waals surface area contributed by atoms with Gasteiger partial charge in [0.05, 0.1) is 11.2 Å². The molecule has 1 aromatic carbocycles. The minimum Gasteiger partial charge on any atom is -0.459 e. The molecule has 1 fully saturated rings. The molecular weight excluding hydrogens is 216 g/mol. The first-order valence-electron chi connectivity index (χ1n) is 6.05. The van der Waals surface area contributed by atoms with Crippen molar-refractivity contribution in [1.82, 2.24) is 0 Å². The zero-order chi connectivity index (χ0) is 12.3. The Morgan fingerprint density at radius 3 is 2.47 bits per heavy atom. The Morgan fingerprint density at radius 2 is 1.88 bits per heavy atom. The average Bonchev–Trinajstić information content (AvgIpc) is 2.33. The highest BCUT2D eigenvalue weighted by Gasteiger charge is 2.30. The van der Waals surface area contributed by atoms with E-state index in [2.05, 4.69) is 0 Å². The number of aliphatic hydroxyl groups is 1. The molecule has 3 heteroatoms. The number of esters is 1. The standard InChI is InChI=1S/C14H18O3/c1-14(16)9-7-12(8-10-14)17-13(15)11-5-3-2-4-6-11/h2-6,12,16H,7-10H2,1H3. The molecule has 92 valence electrons. The van der Waals surface area contributed by atoms with Crippen LogP contribution in [0.25, 0.3) is 0 Å². The van der Waals surface area contributed by atoms with Gasteiger partial charge in [-0.15, -0.1) is 0 Å². The first kappa shape index (κ1) is 12.1. The summed E-state index contributed by atoms with van der Waals surface area (Å²) in [5.41, 5.74) is 0.000165. The highest BCUT2D eigenvalue weighted by molar-refractivity contribution is 5.89. The van der Waals surface area contributed by atoms with E-state index in [0.717, 1.165) is 12.8 Å². The second kappa shape index (κ2) is 4.88. The maximum absolute atomic E-state index is 11.8. The van der Waals surface area contributed by atoms with Crippen molar-refractivity contribution in [3.8, 4) is 0 Å². The molecular formula is C14H18O3. The Bertz CT molecular complexity index is 374. The monoisotopic (exact) mass is 234 g/mol. The molecule has 1 aliphatic rings. The van der Waals surface area contributed by atoms with Gasteiger partial charge in [-0.3, -0.25) is 0 Å². The molecule has 0 aromatic heterocycles. The van der Waals surface area contributed by atoms with E-state index in [0.29, 0.717) is 18.4 Å². The van der Waals surface area contributed by atoms with E-state index in [1.807, 2.05) is 25.1 Å². The topological polar surface area (TPSA) is 46.5 Å². The lowest BCUT2D eigenvalue weighted by atomic mass is 9.85. The van der Waals surface area contributed by atoms with Crippen molar-refractivity contribution in [3.05, 3.63) is 35.9 Å². The highest BCUT2D eigenvalue weighted by atomic mass is 16.5. The van der Waals surface area contributed by atoms with Gasteiger partial charge in [-0.05, 0) is 44.7 Å². The van der Waals surface area contributed by atoms with Crippen LogP contribution in [0.2, 0.25) is 0 Å². The van der Waals surface area contributed by atoms with Crippen molar-refractivity contribution >= 4 is 5.97 Å². The van der Waals surface area contributed by atoms with Crippen molar-refractivity contribution in [2.45, 2.75) is 44.3 Å². The predicted molar refractivity (Wildman–Crippen MR) is 64.7 cm³/mol. The summed E-state index contributed by atoms with van der Waals surface area (Å²) in [6.45, 7) is 1.84. The van der Waals surface area contributed by atoms with E-state index < -0.39 is 5.60 Å². The van der Waals surface area contributed by atoms with Gasteiger partial charge in [0.1, 0.15) is 6.10 Å². The molecule has 0 spiro atoms. The van der Waals surface area contributed by atoms with Gasteiger partial charge >= 0.3 is 5.97 Å². The van der Waals surface area contributed by atoms with Gasteiger partial charge in [0, 0.05) is 0 Å². The molecule has 3 nitrogen and oxygen atoms in total. The Labute approximate surface area is 101 Å². The number of hydrogen-bond acceptors (Lipinski definition) is 3. The fourth-order valence-electron chi connectivity index (χ4n) is 2.12. The number of rotatable bonds is 2. The van der Waals surface area contributed by atoms with E-state index in [4.69, 9.17) is 4.74 Å². The molecule has 17 heavy (non-hydrogen) atoms. The third kappa shape index (κ3) is 3.30. The van der Waals surface area contributed by atoms with Crippen molar-refractivity contribution in [3.63, 3.8) is 0 Å². The Balaban J connectivity index is 1.89. The summed E-state index contributed by atoms with van der Waals surface area (Å²) >= 11 is 0. The lowest BCUT2D eigenvalue weighted by Gasteiger charge is -2.32. The second-order valence-corrected chi connectivity index (χ2v) is 4.97. The lowest BCUT2D eigenvalue weighted by Crippen LogP contribution is -2.34. The second-order valence-electron chi connectivity index (χ2n) is 4.97. The summed E-state index contributed by atoms with van der Waals surface area (Å²) in [4.78, 5) is 11.8. The predicted octanol–water partition coefficient (Wildman–Crippen LogP) is 2.54. The van der Waals surface area contributed by atoms with Gasteiger partial charge in [-0.2, -0.15) is 0 Å². The smallest absolute Gasteiger partial charge is 0.338 e. The fraction of sp³-hybridized carbons (Fsp3) is 0.500. The van der Waals surface area contributed by atoms with Gasteiger partial charge in [0.15, 0.2) is 0 Å². The van der Waals surface area contributed by atoms with E-state index in [-0.39, 0.29) is 12.1 Å². The number of ether oxygens (including phenoxy) is 1. The summed E-state index contributed by atoms with van der Waals surface area (Å²) in [5.74, 6) is -0.267. The Kier molecular flexibility index (Phi) is 3.48. The molecule has 0 bridgehead atoms. The number of carbonyl (C=O) groups excluding carboxylic acids is 1. The molecule has 0 atom stereocenters. The highest BCUT2D eigenvalue weighted by Crippen LogP contribution is 2.29. The third-order valence-corrected chi connectivity index (χ3v) is 3.29. The summed E-state index contributed by atoms with van der Waals surface area (Å²) in [6.07, 6.45) is 2.82. The maximum atomic E-state index is 11.8. The summed E-state index contributed by atoms with van der Waals surface area (Å²) < 4.78 is 5.42. The molecule has 0 saturated heterocycles. The number of hydrogen-bond donors (Lipinski definition) is 1. The van der Waals surface area contributed by atoms with Crippen LogP contribution in [0.1, 0.15) is 43.0 Å². The molecule has 0 radical (unpaired) electrons. The van der Waals surface area contributed by atoms with Gasteiger partial charge in [-0.25, -0.2) is 4.79 Å². The van der Waals surface area contributed by atoms with Crippen LogP contribution in [-0.2, 0) is 4.74 Å². The largest absolute Gasteiger partial charge is 0.459 e.